The second-order valence-corrected chi connectivity index (χ2v) is 7.33. The summed E-state index contributed by atoms with van der Waals surface area (Å²) in [7, 11) is 0. The average molecular weight is 330 g/mol. The molecule has 2 saturated heterocycles. The summed E-state index contributed by atoms with van der Waals surface area (Å²) >= 11 is -0.785. The van der Waals surface area contributed by atoms with Crippen LogP contribution in [0.2, 0.25) is 0 Å². The van der Waals surface area contributed by atoms with Gasteiger partial charge in [0, 0.05) is 51.2 Å². The second kappa shape index (κ2) is 7.02. The predicted octanol–water partition coefficient (Wildman–Crippen LogP) is 1.66. The van der Waals surface area contributed by atoms with Gasteiger partial charge in [-0.05, 0) is 0 Å². The lowest BCUT2D eigenvalue weighted by atomic mass is 10.2. The summed E-state index contributed by atoms with van der Waals surface area (Å²) in [5, 5.41) is 3.20. The van der Waals surface area contributed by atoms with Gasteiger partial charge in [0.1, 0.15) is 23.4 Å². The van der Waals surface area contributed by atoms with E-state index in [1.807, 2.05) is 4.90 Å². The molecule has 0 saturated carbocycles. The van der Waals surface area contributed by atoms with Crippen molar-refractivity contribution < 1.29 is 18.1 Å². The molecule has 3 rings (SSSR count). The van der Waals surface area contributed by atoms with Crippen molar-refractivity contribution in [1.82, 2.24) is 5.32 Å². The molecule has 2 aliphatic heterocycles. The molecular formula is C15H20F2N2O2S. The topological polar surface area (TPSA) is 47.6 Å². The molecule has 0 aromatic heterocycles. The van der Waals surface area contributed by atoms with E-state index in [-0.39, 0.29) is 11.9 Å². The second-order valence-electron chi connectivity index (χ2n) is 5.64. The van der Waals surface area contributed by atoms with Gasteiger partial charge in [0.2, 0.25) is 0 Å². The molecule has 122 valence electrons. The Hall–Kier alpha value is -1.05. The van der Waals surface area contributed by atoms with Crippen molar-refractivity contribution in [2.24, 2.45) is 0 Å². The molecule has 1 aromatic carbocycles. The minimum Gasteiger partial charge on any atom is -0.616 e. The van der Waals surface area contributed by atoms with Crippen LogP contribution in [-0.2, 0) is 11.2 Å². The molecule has 0 aliphatic carbocycles. The number of benzene rings is 1. The van der Waals surface area contributed by atoms with E-state index in [0.29, 0.717) is 43.1 Å². The van der Waals surface area contributed by atoms with Crippen LogP contribution in [0.5, 0.6) is 5.75 Å². The third-order valence-electron chi connectivity index (χ3n) is 4.09. The first-order chi connectivity index (χ1) is 10.6. The van der Waals surface area contributed by atoms with Crippen molar-refractivity contribution in [2.45, 2.75) is 18.9 Å². The Kier molecular flexibility index (Phi) is 5.05. The molecule has 2 fully saturated rings. The molecule has 0 spiro atoms. The fourth-order valence-corrected chi connectivity index (χ4v) is 4.08. The summed E-state index contributed by atoms with van der Waals surface area (Å²) in [4.78, 5) is 1.90. The van der Waals surface area contributed by atoms with E-state index in [2.05, 4.69) is 5.32 Å². The molecule has 0 atom stereocenters. The minimum absolute atomic E-state index is 0.0904. The first kappa shape index (κ1) is 15.8. The average Bonchev–Trinajstić information content (AvgIpc) is 2.53. The van der Waals surface area contributed by atoms with E-state index in [4.69, 9.17) is 4.74 Å². The zero-order chi connectivity index (χ0) is 15.5. The van der Waals surface area contributed by atoms with Crippen molar-refractivity contribution in [1.29, 1.82) is 0 Å². The Morgan fingerprint density at radius 3 is 2.50 bits per heavy atom. The van der Waals surface area contributed by atoms with Gasteiger partial charge < -0.3 is 19.5 Å². The summed E-state index contributed by atoms with van der Waals surface area (Å²) in [5.41, 5.74) is 0.386. The number of nitrogens with zero attached hydrogens (tertiary/aromatic N) is 1. The highest BCUT2D eigenvalue weighted by molar-refractivity contribution is 7.91. The van der Waals surface area contributed by atoms with Crippen LogP contribution >= 0.6 is 0 Å². The van der Waals surface area contributed by atoms with Crippen LogP contribution < -0.4 is 15.0 Å². The van der Waals surface area contributed by atoms with Crippen LogP contribution in [-0.4, -0.2) is 48.3 Å². The molecule has 4 nitrogen and oxygen atoms in total. The van der Waals surface area contributed by atoms with Gasteiger partial charge in [0.15, 0.2) is 11.6 Å². The monoisotopic (exact) mass is 330 g/mol. The maximum absolute atomic E-state index is 14.0. The van der Waals surface area contributed by atoms with Crippen LogP contribution in [0.4, 0.5) is 14.5 Å². The molecule has 2 aliphatic rings. The third kappa shape index (κ3) is 3.64. The summed E-state index contributed by atoms with van der Waals surface area (Å²) in [6, 6.07) is 2.36. The van der Waals surface area contributed by atoms with Crippen LogP contribution in [0.1, 0.15) is 12.8 Å². The normalized spacial score (nSPS) is 26.0. The minimum atomic E-state index is -0.785. The van der Waals surface area contributed by atoms with Gasteiger partial charge in [-0.1, -0.05) is 11.2 Å². The Labute approximate surface area is 132 Å². The van der Waals surface area contributed by atoms with Gasteiger partial charge in [-0.25, -0.2) is 8.78 Å². The molecule has 2 heterocycles. The smallest absolute Gasteiger partial charge is 0.168 e. The first-order valence-corrected chi connectivity index (χ1v) is 9.08. The number of ether oxygens (including phenoxy) is 1. The zero-order valence-corrected chi connectivity index (χ0v) is 13.1. The highest BCUT2D eigenvalue weighted by Gasteiger charge is 2.25. The fourth-order valence-electron chi connectivity index (χ4n) is 2.83. The van der Waals surface area contributed by atoms with Crippen molar-refractivity contribution in [2.75, 3.05) is 42.6 Å². The van der Waals surface area contributed by atoms with E-state index in [1.54, 1.807) is 0 Å². The molecule has 0 unspecified atom stereocenters. The van der Waals surface area contributed by atoms with Crippen molar-refractivity contribution >= 4 is 16.9 Å². The van der Waals surface area contributed by atoms with Gasteiger partial charge in [-0.2, -0.15) is 0 Å². The lowest BCUT2D eigenvalue weighted by Gasteiger charge is -2.30. The lowest BCUT2D eigenvalue weighted by molar-refractivity contribution is 0.181. The molecule has 7 heteroatoms. The predicted molar refractivity (Wildman–Crippen MR) is 83.0 cm³/mol. The Bertz CT molecular complexity index is 519. The van der Waals surface area contributed by atoms with Crippen LogP contribution in [0.25, 0.3) is 0 Å². The van der Waals surface area contributed by atoms with Crippen LogP contribution in [0.15, 0.2) is 12.1 Å². The van der Waals surface area contributed by atoms with E-state index in [9.17, 15) is 13.3 Å². The van der Waals surface area contributed by atoms with E-state index < -0.39 is 22.8 Å². The zero-order valence-electron chi connectivity index (χ0n) is 12.3. The number of nitrogens with one attached hydrogen (secondary N) is 1. The number of hydrogen-bond donors (Lipinski definition) is 1. The van der Waals surface area contributed by atoms with E-state index in [0.717, 1.165) is 19.2 Å². The van der Waals surface area contributed by atoms with Crippen LogP contribution in [0.3, 0.4) is 0 Å². The van der Waals surface area contributed by atoms with Crippen LogP contribution in [0, 0.1) is 11.6 Å². The number of piperazine rings is 1. The fraction of sp³-hybridized carbons (Fsp3) is 0.600. The number of rotatable bonds is 3. The van der Waals surface area contributed by atoms with Gasteiger partial charge in [-0.3, -0.25) is 0 Å². The lowest BCUT2D eigenvalue weighted by Crippen LogP contribution is -2.43. The molecule has 1 N–H and O–H groups in total. The molecule has 22 heavy (non-hydrogen) atoms. The van der Waals surface area contributed by atoms with E-state index >= 15 is 0 Å². The van der Waals surface area contributed by atoms with Gasteiger partial charge in [-0.15, -0.1) is 0 Å². The standard InChI is InChI=1S/C15H20F2N2O2S/c16-12-9-13(17)15(21-11-1-7-22(20)8-2-11)10-14(12)19-5-3-18-4-6-19/h9-11,18H,1-8H2. The van der Waals surface area contributed by atoms with Crippen molar-refractivity contribution in [3.8, 4) is 5.75 Å². The Balaban J connectivity index is 1.75. The van der Waals surface area contributed by atoms with Gasteiger partial charge in [0.05, 0.1) is 5.69 Å². The highest BCUT2D eigenvalue weighted by Crippen LogP contribution is 2.30. The third-order valence-corrected chi connectivity index (χ3v) is 5.47. The SMILES string of the molecule is [O-][S+]1CCC(Oc2cc(N3CCNCC3)c(F)cc2F)CC1. The quantitative estimate of drug-likeness (QED) is 0.857. The van der Waals surface area contributed by atoms with Crippen molar-refractivity contribution in [3.05, 3.63) is 23.8 Å². The summed E-state index contributed by atoms with van der Waals surface area (Å²) in [6.45, 7) is 2.93. The molecule has 0 bridgehead atoms. The molecule has 0 radical (unpaired) electrons. The molecule has 0 amide bonds. The number of anilines is 1. The Morgan fingerprint density at radius 2 is 1.82 bits per heavy atom. The first-order valence-electron chi connectivity index (χ1n) is 7.60. The summed E-state index contributed by atoms with van der Waals surface area (Å²) < 4.78 is 45.1. The molecule has 1 aromatic rings. The van der Waals surface area contributed by atoms with Gasteiger partial charge >= 0.3 is 0 Å². The summed E-state index contributed by atoms with van der Waals surface area (Å²) in [6.07, 6.45) is 1.15. The summed E-state index contributed by atoms with van der Waals surface area (Å²) in [5.74, 6) is 0.0168. The number of hydrogen-bond acceptors (Lipinski definition) is 4. The highest BCUT2D eigenvalue weighted by atomic mass is 32.2. The Morgan fingerprint density at radius 1 is 1.14 bits per heavy atom. The maximum atomic E-state index is 14.0. The number of halogens is 2. The van der Waals surface area contributed by atoms with E-state index in [1.165, 1.54) is 6.07 Å². The largest absolute Gasteiger partial charge is 0.616 e. The van der Waals surface area contributed by atoms with Gasteiger partial charge in [0.25, 0.3) is 0 Å². The molecular weight excluding hydrogens is 310 g/mol. The maximum Gasteiger partial charge on any atom is 0.168 e. The van der Waals surface area contributed by atoms with Crippen molar-refractivity contribution in [3.63, 3.8) is 0 Å².